The molecule has 38 heavy (non-hydrogen) atoms. The van der Waals surface area contributed by atoms with Crippen LogP contribution in [0.25, 0.3) is 11.0 Å². The first kappa shape index (κ1) is 25.1. The number of amides is 2. The highest BCUT2D eigenvalue weighted by Gasteiger charge is 2.27. The molecule has 0 atom stereocenters. The molecular formula is C30H36N4O4. The minimum absolute atomic E-state index is 0.0509. The molecule has 2 saturated heterocycles. The molecule has 0 bridgehead atoms. The fourth-order valence-corrected chi connectivity index (χ4v) is 6.17. The Morgan fingerprint density at radius 1 is 0.816 bits per heavy atom. The molecule has 1 saturated carbocycles. The maximum Gasteiger partial charge on any atom is 0.257 e. The predicted molar refractivity (Wildman–Crippen MR) is 144 cm³/mol. The van der Waals surface area contributed by atoms with E-state index in [1.54, 1.807) is 6.20 Å². The van der Waals surface area contributed by atoms with Crippen molar-refractivity contribution in [3.63, 3.8) is 0 Å². The fourth-order valence-electron chi connectivity index (χ4n) is 6.17. The average Bonchev–Trinajstić information content (AvgIpc) is 3.36. The van der Waals surface area contributed by atoms with E-state index in [0.29, 0.717) is 70.0 Å². The van der Waals surface area contributed by atoms with Crippen molar-refractivity contribution in [3.05, 3.63) is 65.5 Å². The van der Waals surface area contributed by atoms with Gasteiger partial charge in [0.2, 0.25) is 0 Å². The largest absolute Gasteiger partial charge is 0.378 e. The van der Waals surface area contributed by atoms with Crippen LogP contribution >= 0.6 is 0 Å². The number of carbonyl (C=O) groups is 2. The number of hydrogen-bond acceptors (Lipinski definition) is 5. The zero-order valence-corrected chi connectivity index (χ0v) is 21.9. The Hall–Kier alpha value is -3.23. The maximum absolute atomic E-state index is 13.3. The van der Waals surface area contributed by atoms with E-state index in [2.05, 4.69) is 27.8 Å². The number of benzene rings is 1. The van der Waals surface area contributed by atoms with Gasteiger partial charge in [-0.05, 0) is 67.3 Å². The molecule has 0 N–H and O–H groups in total. The third-order valence-electron chi connectivity index (χ3n) is 8.39. The van der Waals surface area contributed by atoms with Gasteiger partial charge in [-0.15, -0.1) is 0 Å². The minimum atomic E-state index is 0.0509. The Kier molecular flexibility index (Phi) is 7.42. The molecule has 2 aromatic heterocycles. The van der Waals surface area contributed by atoms with E-state index in [0.717, 1.165) is 48.8 Å². The Bertz CT molecular complexity index is 1270. The van der Waals surface area contributed by atoms with Crippen LogP contribution in [0.5, 0.6) is 0 Å². The number of aromatic nitrogens is 2. The lowest BCUT2D eigenvalue weighted by Crippen LogP contribution is -2.40. The number of hydrogen-bond donors (Lipinski definition) is 0. The standard InChI is InChI=1S/C30H36N4O4/c35-29(32-12-16-37-17-13-32)25-9-7-24(8-10-25)23-5-3-22(4-6-23)20-34-21-26(28-27(34)2-1-11-31-28)30(36)33-14-18-38-19-15-33/h1-2,7-11,21-23H,3-6,12-20H2. The van der Waals surface area contributed by atoms with Crippen LogP contribution in [0.3, 0.4) is 0 Å². The molecule has 0 unspecified atom stereocenters. The first-order chi connectivity index (χ1) is 18.7. The monoisotopic (exact) mass is 516 g/mol. The highest BCUT2D eigenvalue weighted by atomic mass is 16.5. The summed E-state index contributed by atoms with van der Waals surface area (Å²) in [6, 6.07) is 12.3. The van der Waals surface area contributed by atoms with Crippen LogP contribution in [0.15, 0.2) is 48.8 Å². The number of pyridine rings is 1. The van der Waals surface area contributed by atoms with Gasteiger partial charge in [0.1, 0.15) is 5.52 Å². The van der Waals surface area contributed by atoms with Crippen LogP contribution in [0.1, 0.15) is 57.9 Å². The van der Waals surface area contributed by atoms with Crippen molar-refractivity contribution in [2.24, 2.45) is 5.92 Å². The second-order valence-electron chi connectivity index (χ2n) is 10.7. The molecule has 1 aromatic carbocycles. The topological polar surface area (TPSA) is 76.9 Å². The average molecular weight is 517 g/mol. The van der Waals surface area contributed by atoms with E-state index in [4.69, 9.17) is 9.47 Å². The van der Waals surface area contributed by atoms with Crippen LogP contribution in [-0.2, 0) is 16.0 Å². The molecule has 3 aromatic rings. The quantitative estimate of drug-likeness (QED) is 0.513. The van der Waals surface area contributed by atoms with E-state index in [-0.39, 0.29) is 11.8 Å². The normalized spacial score (nSPS) is 22.5. The third-order valence-corrected chi connectivity index (χ3v) is 8.39. The second-order valence-corrected chi connectivity index (χ2v) is 10.7. The van der Waals surface area contributed by atoms with E-state index in [1.807, 2.05) is 34.2 Å². The second kappa shape index (κ2) is 11.3. The SMILES string of the molecule is O=C(c1ccc(C2CCC(Cn3cc(C(=O)N4CCOCC4)c4ncccc43)CC2)cc1)N1CCOCC1. The maximum atomic E-state index is 13.3. The molecular weight excluding hydrogens is 480 g/mol. The number of fused-ring (bicyclic) bond motifs is 1. The van der Waals surface area contributed by atoms with Gasteiger partial charge < -0.3 is 23.8 Å². The van der Waals surface area contributed by atoms with Gasteiger partial charge in [0, 0.05) is 50.7 Å². The lowest BCUT2D eigenvalue weighted by atomic mass is 9.78. The summed E-state index contributed by atoms with van der Waals surface area (Å²) < 4.78 is 13.0. The molecule has 1 aliphatic carbocycles. The molecule has 4 heterocycles. The molecule has 2 amide bonds. The highest BCUT2D eigenvalue weighted by molar-refractivity contribution is 6.05. The van der Waals surface area contributed by atoms with Gasteiger partial charge in [-0.1, -0.05) is 12.1 Å². The predicted octanol–water partition coefficient (Wildman–Crippen LogP) is 3.96. The minimum Gasteiger partial charge on any atom is -0.378 e. The van der Waals surface area contributed by atoms with Gasteiger partial charge >= 0.3 is 0 Å². The summed E-state index contributed by atoms with van der Waals surface area (Å²) in [4.78, 5) is 34.4. The first-order valence-electron chi connectivity index (χ1n) is 14.0. The van der Waals surface area contributed by atoms with Crippen LogP contribution in [0.4, 0.5) is 0 Å². The number of carbonyl (C=O) groups excluding carboxylic acids is 2. The number of morpholine rings is 2. The van der Waals surface area contributed by atoms with Crippen LogP contribution in [0, 0.1) is 5.92 Å². The summed E-state index contributed by atoms with van der Waals surface area (Å²) in [5.41, 5.74) is 4.62. The van der Waals surface area contributed by atoms with Gasteiger partial charge in [-0.25, -0.2) is 0 Å². The van der Waals surface area contributed by atoms with Crippen molar-refractivity contribution in [2.75, 3.05) is 52.6 Å². The molecule has 0 radical (unpaired) electrons. The Labute approximate surface area is 223 Å². The highest BCUT2D eigenvalue weighted by Crippen LogP contribution is 2.37. The van der Waals surface area contributed by atoms with E-state index < -0.39 is 0 Å². The Morgan fingerprint density at radius 2 is 1.45 bits per heavy atom. The van der Waals surface area contributed by atoms with E-state index in [9.17, 15) is 9.59 Å². The molecule has 6 rings (SSSR count). The molecule has 200 valence electrons. The molecule has 8 heteroatoms. The molecule has 2 aliphatic heterocycles. The summed E-state index contributed by atoms with van der Waals surface area (Å²) >= 11 is 0. The van der Waals surface area contributed by atoms with Gasteiger partial charge in [-0.3, -0.25) is 14.6 Å². The summed E-state index contributed by atoms with van der Waals surface area (Å²) in [5.74, 6) is 1.24. The summed E-state index contributed by atoms with van der Waals surface area (Å²) in [6.07, 6.45) is 8.36. The van der Waals surface area contributed by atoms with Crippen molar-refractivity contribution in [1.29, 1.82) is 0 Å². The summed E-state index contributed by atoms with van der Waals surface area (Å²) in [5, 5.41) is 0. The van der Waals surface area contributed by atoms with Crippen LogP contribution in [-0.4, -0.2) is 83.8 Å². The Balaban J connectivity index is 1.09. The van der Waals surface area contributed by atoms with Gasteiger partial charge in [-0.2, -0.15) is 0 Å². The zero-order valence-electron chi connectivity index (χ0n) is 21.9. The van der Waals surface area contributed by atoms with Gasteiger partial charge in [0.05, 0.1) is 37.5 Å². The van der Waals surface area contributed by atoms with E-state index in [1.165, 1.54) is 5.56 Å². The molecule has 8 nitrogen and oxygen atoms in total. The lowest BCUT2D eigenvalue weighted by molar-refractivity contribution is 0.0301. The van der Waals surface area contributed by atoms with Crippen LogP contribution in [0.2, 0.25) is 0 Å². The smallest absolute Gasteiger partial charge is 0.257 e. The van der Waals surface area contributed by atoms with Crippen molar-refractivity contribution < 1.29 is 19.1 Å². The third kappa shape index (κ3) is 5.20. The Morgan fingerprint density at radius 3 is 2.11 bits per heavy atom. The lowest BCUT2D eigenvalue weighted by Gasteiger charge is -2.30. The molecule has 3 fully saturated rings. The number of ether oxygens (including phenoxy) is 2. The van der Waals surface area contributed by atoms with Crippen molar-refractivity contribution in [1.82, 2.24) is 19.4 Å². The van der Waals surface area contributed by atoms with Gasteiger partial charge in [0.15, 0.2) is 0 Å². The van der Waals surface area contributed by atoms with Gasteiger partial charge in [0.25, 0.3) is 11.8 Å². The fraction of sp³-hybridized carbons (Fsp3) is 0.500. The zero-order chi connectivity index (χ0) is 25.9. The van der Waals surface area contributed by atoms with E-state index >= 15 is 0 Å². The summed E-state index contributed by atoms with van der Waals surface area (Å²) in [7, 11) is 0. The molecule has 3 aliphatic rings. The summed E-state index contributed by atoms with van der Waals surface area (Å²) in [6.45, 7) is 5.91. The van der Waals surface area contributed by atoms with Crippen molar-refractivity contribution >= 4 is 22.8 Å². The van der Waals surface area contributed by atoms with Crippen molar-refractivity contribution in [2.45, 2.75) is 38.1 Å². The van der Waals surface area contributed by atoms with Crippen LogP contribution < -0.4 is 0 Å². The number of rotatable bonds is 5. The first-order valence-corrected chi connectivity index (χ1v) is 14.0. The molecule has 0 spiro atoms. The number of nitrogens with zero attached hydrogens (tertiary/aromatic N) is 4. The van der Waals surface area contributed by atoms with Crippen molar-refractivity contribution in [3.8, 4) is 0 Å².